The first-order valence-electron chi connectivity index (χ1n) is 8.20. The molecule has 0 radical (unpaired) electrons. The van der Waals surface area contributed by atoms with Gasteiger partial charge in [0.25, 0.3) is 0 Å². The van der Waals surface area contributed by atoms with E-state index in [2.05, 4.69) is 22.0 Å². The minimum Gasteiger partial charge on any atom is -0.497 e. The second-order valence-corrected chi connectivity index (χ2v) is 6.08. The number of aromatic nitrogens is 1. The van der Waals surface area contributed by atoms with Gasteiger partial charge in [-0.3, -0.25) is 14.7 Å². The minimum absolute atomic E-state index is 0.136. The van der Waals surface area contributed by atoms with Crippen molar-refractivity contribution in [3.05, 3.63) is 59.9 Å². The average Bonchev–Trinajstić information content (AvgIpc) is 2.63. The van der Waals surface area contributed by atoms with E-state index in [4.69, 9.17) is 4.74 Å². The maximum absolute atomic E-state index is 11.8. The van der Waals surface area contributed by atoms with Crippen LogP contribution in [0.1, 0.15) is 24.1 Å². The molecule has 5 nitrogen and oxygen atoms in total. The fraction of sp³-hybridized carbons (Fsp3) is 0.368. The molecule has 1 unspecified atom stereocenters. The van der Waals surface area contributed by atoms with Crippen molar-refractivity contribution in [2.24, 2.45) is 0 Å². The highest BCUT2D eigenvalue weighted by Crippen LogP contribution is 2.28. The number of pyridine rings is 1. The Kier molecular flexibility index (Phi) is 5.11. The van der Waals surface area contributed by atoms with E-state index < -0.39 is 0 Å². The third-order valence-corrected chi connectivity index (χ3v) is 4.57. The van der Waals surface area contributed by atoms with Crippen molar-refractivity contribution in [1.29, 1.82) is 0 Å². The molecule has 5 heteroatoms. The van der Waals surface area contributed by atoms with Gasteiger partial charge >= 0.3 is 0 Å². The molecular weight excluding hydrogens is 302 g/mol. The van der Waals surface area contributed by atoms with E-state index in [-0.39, 0.29) is 11.9 Å². The number of amides is 1. The average molecular weight is 325 g/mol. The highest BCUT2D eigenvalue weighted by molar-refractivity contribution is 5.73. The minimum atomic E-state index is 0.136. The lowest BCUT2D eigenvalue weighted by Gasteiger charge is -2.41. The van der Waals surface area contributed by atoms with Crippen LogP contribution >= 0.6 is 0 Å². The smallest absolute Gasteiger partial charge is 0.219 e. The monoisotopic (exact) mass is 325 g/mol. The molecular formula is C19H23N3O2. The van der Waals surface area contributed by atoms with E-state index in [0.29, 0.717) is 6.54 Å². The molecule has 0 N–H and O–H groups in total. The summed E-state index contributed by atoms with van der Waals surface area (Å²) in [5.41, 5.74) is 2.44. The maximum atomic E-state index is 11.8. The summed E-state index contributed by atoms with van der Waals surface area (Å²) >= 11 is 0. The zero-order valence-corrected chi connectivity index (χ0v) is 14.2. The van der Waals surface area contributed by atoms with Gasteiger partial charge in [-0.15, -0.1) is 0 Å². The largest absolute Gasteiger partial charge is 0.497 e. The van der Waals surface area contributed by atoms with E-state index >= 15 is 0 Å². The number of methoxy groups -OCH3 is 1. The number of carbonyl (C=O) groups excluding carboxylic acids is 1. The summed E-state index contributed by atoms with van der Waals surface area (Å²) in [6.07, 6.45) is 3.65. The third-order valence-electron chi connectivity index (χ3n) is 4.57. The summed E-state index contributed by atoms with van der Waals surface area (Å²) < 4.78 is 5.25. The molecule has 1 atom stereocenters. The zero-order valence-electron chi connectivity index (χ0n) is 14.2. The van der Waals surface area contributed by atoms with Gasteiger partial charge in [0.15, 0.2) is 0 Å². The molecule has 2 aromatic rings. The maximum Gasteiger partial charge on any atom is 0.219 e. The number of piperazine rings is 1. The Morgan fingerprint density at radius 2 is 1.88 bits per heavy atom. The molecule has 1 aliphatic rings. The van der Waals surface area contributed by atoms with Crippen LogP contribution in [0.2, 0.25) is 0 Å². The summed E-state index contributed by atoms with van der Waals surface area (Å²) in [7, 11) is 1.67. The van der Waals surface area contributed by atoms with Crippen LogP contribution in [0.5, 0.6) is 5.75 Å². The number of nitrogens with zero attached hydrogens (tertiary/aromatic N) is 3. The number of ether oxygens (including phenoxy) is 1. The fourth-order valence-electron chi connectivity index (χ4n) is 3.16. The predicted octanol–water partition coefficient (Wildman–Crippen LogP) is 2.50. The Labute approximate surface area is 142 Å². The molecule has 1 saturated heterocycles. The van der Waals surface area contributed by atoms with E-state index in [9.17, 15) is 4.79 Å². The van der Waals surface area contributed by atoms with Crippen LogP contribution < -0.4 is 4.74 Å². The number of benzene rings is 1. The van der Waals surface area contributed by atoms with Crippen LogP contribution in [-0.4, -0.2) is 47.4 Å². The number of carbonyl (C=O) groups is 1. The fourth-order valence-corrected chi connectivity index (χ4v) is 3.16. The summed E-state index contributed by atoms with van der Waals surface area (Å²) in [6, 6.07) is 12.4. The Hall–Kier alpha value is -2.40. The van der Waals surface area contributed by atoms with Crippen molar-refractivity contribution < 1.29 is 9.53 Å². The Morgan fingerprint density at radius 1 is 1.17 bits per heavy atom. The van der Waals surface area contributed by atoms with Crippen molar-refractivity contribution >= 4 is 5.91 Å². The first-order chi connectivity index (χ1) is 11.7. The van der Waals surface area contributed by atoms with Crippen molar-refractivity contribution in [2.45, 2.75) is 19.5 Å². The first-order valence-corrected chi connectivity index (χ1v) is 8.20. The predicted molar refractivity (Wildman–Crippen MR) is 92.6 cm³/mol. The Bertz CT molecular complexity index is 673. The second-order valence-electron chi connectivity index (χ2n) is 6.08. The molecule has 1 aliphatic heterocycles. The van der Waals surface area contributed by atoms with Gasteiger partial charge in [0.1, 0.15) is 5.75 Å². The van der Waals surface area contributed by atoms with Gasteiger partial charge < -0.3 is 9.64 Å². The van der Waals surface area contributed by atoms with Crippen LogP contribution in [0.15, 0.2) is 48.8 Å². The number of rotatable bonds is 4. The van der Waals surface area contributed by atoms with Crippen LogP contribution in [0.4, 0.5) is 0 Å². The van der Waals surface area contributed by atoms with Gasteiger partial charge in [-0.2, -0.15) is 0 Å². The standard InChI is InChI=1S/C19H23N3O2/c1-15(23)21-11-12-22(13-16-7-9-20-10-8-16)19(14-21)17-3-5-18(24-2)6-4-17/h3-10,19H,11-14H2,1-2H3. The topological polar surface area (TPSA) is 45.7 Å². The van der Waals surface area contributed by atoms with Crippen LogP contribution in [0, 0.1) is 0 Å². The molecule has 0 spiro atoms. The molecule has 0 aliphatic carbocycles. The molecule has 1 fully saturated rings. The highest BCUT2D eigenvalue weighted by atomic mass is 16.5. The van der Waals surface area contributed by atoms with Gasteiger partial charge in [-0.1, -0.05) is 12.1 Å². The third kappa shape index (κ3) is 3.74. The number of hydrogen-bond donors (Lipinski definition) is 0. The van der Waals surface area contributed by atoms with Crippen LogP contribution in [-0.2, 0) is 11.3 Å². The molecule has 24 heavy (non-hydrogen) atoms. The lowest BCUT2D eigenvalue weighted by atomic mass is 10.0. The van der Waals surface area contributed by atoms with Crippen molar-refractivity contribution in [1.82, 2.24) is 14.8 Å². The van der Waals surface area contributed by atoms with E-state index in [1.165, 1.54) is 11.1 Å². The lowest BCUT2D eigenvalue weighted by Crippen LogP contribution is -2.49. The summed E-state index contributed by atoms with van der Waals surface area (Å²) in [5.74, 6) is 0.982. The second kappa shape index (κ2) is 7.45. The highest BCUT2D eigenvalue weighted by Gasteiger charge is 2.29. The quantitative estimate of drug-likeness (QED) is 0.866. The first kappa shape index (κ1) is 16.5. The molecule has 1 aromatic heterocycles. The molecule has 1 amide bonds. The number of hydrogen-bond acceptors (Lipinski definition) is 4. The molecule has 126 valence electrons. The van der Waals surface area contributed by atoms with Gasteiger partial charge in [-0.05, 0) is 35.4 Å². The van der Waals surface area contributed by atoms with Gasteiger partial charge in [0.05, 0.1) is 13.2 Å². The van der Waals surface area contributed by atoms with Crippen molar-refractivity contribution in [2.75, 3.05) is 26.7 Å². The molecule has 3 rings (SSSR count). The van der Waals surface area contributed by atoms with E-state index in [1.807, 2.05) is 41.6 Å². The van der Waals surface area contributed by atoms with Gasteiger partial charge in [-0.25, -0.2) is 0 Å². The Morgan fingerprint density at radius 3 is 2.50 bits per heavy atom. The zero-order chi connectivity index (χ0) is 16.9. The summed E-state index contributed by atoms with van der Waals surface area (Å²) in [4.78, 5) is 20.3. The molecule has 0 saturated carbocycles. The van der Waals surface area contributed by atoms with Crippen molar-refractivity contribution in [3.8, 4) is 5.75 Å². The normalized spacial score (nSPS) is 18.4. The van der Waals surface area contributed by atoms with Gasteiger partial charge in [0, 0.05) is 45.5 Å². The van der Waals surface area contributed by atoms with E-state index in [1.54, 1.807) is 14.0 Å². The summed E-state index contributed by atoms with van der Waals surface area (Å²) in [5, 5.41) is 0. The lowest BCUT2D eigenvalue weighted by molar-refractivity contribution is -0.132. The SMILES string of the molecule is COc1ccc(C2CN(C(C)=O)CCN2Cc2ccncc2)cc1. The Balaban J connectivity index is 1.83. The van der Waals surface area contributed by atoms with Crippen molar-refractivity contribution in [3.63, 3.8) is 0 Å². The molecule has 2 heterocycles. The van der Waals surface area contributed by atoms with Crippen LogP contribution in [0.25, 0.3) is 0 Å². The van der Waals surface area contributed by atoms with Gasteiger partial charge in [0.2, 0.25) is 5.91 Å². The summed E-state index contributed by atoms with van der Waals surface area (Å²) in [6.45, 7) is 4.84. The van der Waals surface area contributed by atoms with E-state index in [0.717, 1.165) is 25.4 Å². The molecule has 0 bridgehead atoms. The molecule has 1 aromatic carbocycles. The van der Waals surface area contributed by atoms with Crippen LogP contribution in [0.3, 0.4) is 0 Å².